The molecule has 0 bridgehead atoms. The molecule has 0 atom stereocenters. The summed E-state index contributed by atoms with van der Waals surface area (Å²) in [7, 11) is -4.21. The molecule has 1 saturated heterocycles. The van der Waals surface area contributed by atoms with Crippen molar-refractivity contribution in [3.8, 4) is 5.75 Å². The Hall–Kier alpha value is -4.42. The summed E-state index contributed by atoms with van der Waals surface area (Å²) in [6.07, 6.45) is 0.0102. The molecule has 0 unspecified atom stereocenters. The van der Waals surface area contributed by atoms with Gasteiger partial charge in [-0.05, 0) is 67.8 Å². The SMILES string of the molecule is Cc1cc(C(=O)ON2C(=O)CCC2=O)cc(C)c1OC(=O)C1=[N+](CCCS(=O)(=O)O)c2ccc3ccccc3c2C1(C)C. The molecule has 11 nitrogen and oxygen atoms in total. The molecule has 5 rings (SSSR count). The lowest BCUT2D eigenvalue weighted by Gasteiger charge is -2.19. The summed E-state index contributed by atoms with van der Waals surface area (Å²) in [6, 6.07) is 14.5. The molecule has 43 heavy (non-hydrogen) atoms. The number of esters is 1. The molecule has 1 N–H and O–H groups in total. The molecule has 2 heterocycles. The van der Waals surface area contributed by atoms with Crippen molar-refractivity contribution in [1.82, 2.24) is 5.06 Å². The van der Waals surface area contributed by atoms with E-state index in [4.69, 9.17) is 9.57 Å². The Morgan fingerprint density at radius 3 is 2.23 bits per heavy atom. The fraction of sp³-hybridized carbons (Fsp3) is 0.323. The van der Waals surface area contributed by atoms with Crippen molar-refractivity contribution in [3.05, 3.63) is 70.8 Å². The number of hydrogen-bond acceptors (Lipinski definition) is 8. The minimum absolute atomic E-state index is 0.0271. The number of carbonyl (C=O) groups excluding carboxylic acids is 4. The van der Waals surface area contributed by atoms with Crippen LogP contribution in [0.25, 0.3) is 10.8 Å². The van der Waals surface area contributed by atoms with Crippen LogP contribution in [0.5, 0.6) is 5.75 Å². The Labute approximate surface area is 248 Å². The Bertz CT molecular complexity index is 1820. The number of aryl methyl sites for hydroxylation is 2. The number of hydroxylamine groups is 2. The Morgan fingerprint density at radius 1 is 0.977 bits per heavy atom. The number of nitrogens with zero attached hydrogens (tertiary/aromatic N) is 2. The molecular formula is C31H31N2O9S+. The zero-order valence-electron chi connectivity index (χ0n) is 24.2. The first-order valence-corrected chi connectivity index (χ1v) is 15.3. The molecule has 2 aliphatic heterocycles. The van der Waals surface area contributed by atoms with Crippen LogP contribution in [0.1, 0.15) is 60.2 Å². The van der Waals surface area contributed by atoms with Crippen molar-refractivity contribution in [2.75, 3.05) is 12.3 Å². The van der Waals surface area contributed by atoms with E-state index in [0.717, 1.165) is 22.0 Å². The maximum absolute atomic E-state index is 14.0. The van der Waals surface area contributed by atoms with Gasteiger partial charge in [0.1, 0.15) is 5.75 Å². The number of imide groups is 1. The van der Waals surface area contributed by atoms with Crippen molar-refractivity contribution < 1.29 is 46.3 Å². The van der Waals surface area contributed by atoms with Gasteiger partial charge in [-0.2, -0.15) is 13.0 Å². The second kappa shape index (κ2) is 11.0. The van der Waals surface area contributed by atoms with Crippen LogP contribution >= 0.6 is 0 Å². The minimum Gasteiger partial charge on any atom is -0.418 e. The lowest BCUT2D eigenvalue weighted by Crippen LogP contribution is -2.39. The maximum Gasteiger partial charge on any atom is 0.405 e. The van der Waals surface area contributed by atoms with Crippen molar-refractivity contribution >= 4 is 56.0 Å². The number of amides is 2. The average molecular weight is 608 g/mol. The zero-order chi connectivity index (χ0) is 31.3. The first kappa shape index (κ1) is 30.1. The van der Waals surface area contributed by atoms with E-state index >= 15 is 0 Å². The van der Waals surface area contributed by atoms with E-state index in [1.807, 2.05) is 50.2 Å². The molecule has 0 radical (unpaired) electrons. The molecular weight excluding hydrogens is 576 g/mol. The maximum atomic E-state index is 14.0. The summed E-state index contributed by atoms with van der Waals surface area (Å²) in [4.78, 5) is 55.4. The Balaban J connectivity index is 1.49. The fourth-order valence-corrected chi connectivity index (χ4v) is 6.38. The van der Waals surface area contributed by atoms with Gasteiger partial charge < -0.3 is 9.57 Å². The predicted octanol–water partition coefficient (Wildman–Crippen LogP) is 3.94. The van der Waals surface area contributed by atoms with Crippen LogP contribution in [0.2, 0.25) is 0 Å². The summed E-state index contributed by atoms with van der Waals surface area (Å²) in [5.74, 6) is -3.00. The molecule has 2 aliphatic rings. The fourth-order valence-electron chi connectivity index (χ4n) is 5.88. The molecule has 3 aromatic carbocycles. The third kappa shape index (κ3) is 5.67. The number of carbonyl (C=O) groups is 4. The second-order valence-electron chi connectivity index (χ2n) is 11.2. The largest absolute Gasteiger partial charge is 0.418 e. The van der Waals surface area contributed by atoms with E-state index in [1.165, 1.54) is 12.1 Å². The van der Waals surface area contributed by atoms with Crippen LogP contribution in [0, 0.1) is 13.8 Å². The third-order valence-electron chi connectivity index (χ3n) is 7.73. The van der Waals surface area contributed by atoms with Crippen LogP contribution in [0.3, 0.4) is 0 Å². The van der Waals surface area contributed by atoms with Crippen LogP contribution in [-0.4, -0.2) is 64.4 Å². The number of rotatable bonds is 8. The molecule has 12 heteroatoms. The first-order valence-electron chi connectivity index (χ1n) is 13.7. The highest BCUT2D eigenvalue weighted by Gasteiger charge is 2.51. The van der Waals surface area contributed by atoms with Crippen molar-refractivity contribution in [3.63, 3.8) is 0 Å². The van der Waals surface area contributed by atoms with Gasteiger partial charge in [0.05, 0.1) is 16.7 Å². The minimum atomic E-state index is -4.21. The van der Waals surface area contributed by atoms with Gasteiger partial charge in [-0.3, -0.25) is 14.1 Å². The van der Waals surface area contributed by atoms with E-state index in [9.17, 15) is 32.1 Å². The molecule has 0 aromatic heterocycles. The first-order chi connectivity index (χ1) is 20.2. The lowest BCUT2D eigenvalue weighted by molar-refractivity contribution is -0.437. The van der Waals surface area contributed by atoms with Crippen LogP contribution in [0.4, 0.5) is 5.69 Å². The predicted molar refractivity (Wildman–Crippen MR) is 156 cm³/mol. The van der Waals surface area contributed by atoms with Gasteiger partial charge in [0.15, 0.2) is 6.54 Å². The van der Waals surface area contributed by atoms with E-state index in [2.05, 4.69) is 0 Å². The second-order valence-corrected chi connectivity index (χ2v) is 12.8. The van der Waals surface area contributed by atoms with Crippen LogP contribution in [-0.2, 0) is 34.8 Å². The molecule has 0 aliphatic carbocycles. The van der Waals surface area contributed by atoms with E-state index in [-0.39, 0.29) is 37.1 Å². The molecule has 2 amide bonds. The highest BCUT2D eigenvalue weighted by Crippen LogP contribution is 2.44. The normalized spacial score (nSPS) is 16.2. The van der Waals surface area contributed by atoms with Crippen molar-refractivity contribution in [2.24, 2.45) is 0 Å². The van der Waals surface area contributed by atoms with Gasteiger partial charge in [-0.1, -0.05) is 24.3 Å². The van der Waals surface area contributed by atoms with E-state index in [0.29, 0.717) is 21.9 Å². The van der Waals surface area contributed by atoms with Gasteiger partial charge in [0, 0.05) is 30.9 Å². The zero-order valence-corrected chi connectivity index (χ0v) is 25.0. The average Bonchev–Trinajstić information content (AvgIpc) is 3.36. The highest BCUT2D eigenvalue weighted by molar-refractivity contribution is 7.85. The van der Waals surface area contributed by atoms with Crippen molar-refractivity contribution in [1.29, 1.82) is 0 Å². The number of fused-ring (bicyclic) bond motifs is 3. The molecule has 224 valence electrons. The molecule has 0 spiro atoms. The van der Waals surface area contributed by atoms with Gasteiger partial charge in [0.25, 0.3) is 27.6 Å². The topological polar surface area (TPSA) is 147 Å². The third-order valence-corrected chi connectivity index (χ3v) is 8.54. The molecule has 3 aromatic rings. The summed E-state index contributed by atoms with van der Waals surface area (Å²) in [6.45, 7) is 7.23. The Morgan fingerprint density at radius 2 is 1.60 bits per heavy atom. The monoisotopic (exact) mass is 607 g/mol. The molecule has 0 saturated carbocycles. The quantitative estimate of drug-likeness (QED) is 0.132. The molecule has 1 fully saturated rings. The lowest BCUT2D eigenvalue weighted by atomic mass is 9.79. The summed E-state index contributed by atoms with van der Waals surface area (Å²) < 4.78 is 39.9. The van der Waals surface area contributed by atoms with Gasteiger partial charge in [-0.25, -0.2) is 9.59 Å². The smallest absolute Gasteiger partial charge is 0.405 e. The van der Waals surface area contributed by atoms with E-state index < -0.39 is 45.0 Å². The van der Waals surface area contributed by atoms with E-state index in [1.54, 1.807) is 18.4 Å². The number of benzene rings is 3. The van der Waals surface area contributed by atoms with Crippen molar-refractivity contribution in [2.45, 2.75) is 52.4 Å². The van der Waals surface area contributed by atoms with Gasteiger partial charge >= 0.3 is 11.9 Å². The summed E-state index contributed by atoms with van der Waals surface area (Å²) >= 11 is 0. The standard InChI is InChI=1S/C31H30N2O9S/c1-18-16-21(29(36)42-33-24(34)12-13-25(33)35)17-19(2)27(18)41-30(37)28-31(3,4)26-22-9-6-5-8-20(22)10-11-23(26)32(28)14-7-15-43(38,39)40/h5-6,8-11,16-17H,7,12-15H2,1-4H3/p+1. The Kier molecular flexibility index (Phi) is 7.69. The summed E-state index contributed by atoms with van der Waals surface area (Å²) in [5, 5.41) is 2.39. The number of ether oxygens (including phenoxy) is 1. The van der Waals surface area contributed by atoms with Gasteiger partial charge in [-0.15, -0.1) is 5.06 Å². The highest BCUT2D eigenvalue weighted by atomic mass is 32.2. The summed E-state index contributed by atoms with van der Waals surface area (Å²) in [5.41, 5.74) is 2.04. The van der Waals surface area contributed by atoms with Gasteiger partial charge in [0.2, 0.25) is 5.69 Å². The van der Waals surface area contributed by atoms with Crippen LogP contribution < -0.4 is 4.74 Å². The number of hydrogen-bond donors (Lipinski definition) is 1. The van der Waals surface area contributed by atoms with Crippen LogP contribution in [0.15, 0.2) is 48.5 Å².